The van der Waals surface area contributed by atoms with Gasteiger partial charge >= 0.3 is 39.5 Å². The molecule has 3 N–H and O–H groups in total. The van der Waals surface area contributed by atoms with Crippen molar-refractivity contribution in [2.45, 2.75) is 432 Å². The van der Waals surface area contributed by atoms with Crippen LogP contribution in [0.4, 0.5) is 0 Å². The molecule has 0 aliphatic heterocycles. The first-order chi connectivity index (χ1) is 47.1. The van der Waals surface area contributed by atoms with Crippen molar-refractivity contribution in [2.75, 3.05) is 39.6 Å². The van der Waals surface area contributed by atoms with Crippen molar-refractivity contribution in [2.24, 2.45) is 5.92 Å². The first kappa shape index (κ1) is 95.1. The molecule has 0 aliphatic carbocycles. The summed E-state index contributed by atoms with van der Waals surface area (Å²) in [5, 5.41) is 10.6. The third-order valence-corrected chi connectivity index (χ3v) is 20.5. The Morgan fingerprint density at radius 2 is 0.495 bits per heavy atom. The maximum Gasteiger partial charge on any atom is 0.472 e. The summed E-state index contributed by atoms with van der Waals surface area (Å²) in [4.78, 5) is 72.9. The van der Waals surface area contributed by atoms with Crippen molar-refractivity contribution in [3.8, 4) is 0 Å². The van der Waals surface area contributed by atoms with E-state index in [2.05, 4.69) is 34.6 Å². The molecule has 0 aromatic carbocycles. The van der Waals surface area contributed by atoms with Crippen LogP contribution in [0.2, 0.25) is 0 Å². The molecule has 17 nitrogen and oxygen atoms in total. The number of carbonyl (C=O) groups excluding carboxylic acids is 4. The standard InChI is InChI=1S/C78H152O17P2/c1-6-10-13-16-19-22-24-26-27-28-29-34-37-42-47-52-57-62-76(81)89-68-74(95-78(83)64-59-54-49-44-39-35-31-30-33-36-41-45-50-55-60-71(5)9-4)70-93-97(86,87)91-66-72(79)65-90-96(84,85)92-69-73(67-88-75(80)61-56-51-46-40-21-18-15-12-8-3)94-77(82)63-58-53-48-43-38-32-25-23-20-17-14-11-7-2/h71-74,79H,6-70H2,1-5H3,(H,84,85)(H,86,87)/t71?,72-,73+,74+/m0/s1. The Kier molecular flexibility index (Phi) is 69.6. The molecule has 0 bridgehead atoms. The van der Waals surface area contributed by atoms with Gasteiger partial charge in [0.2, 0.25) is 0 Å². The number of ether oxygens (including phenoxy) is 4. The second-order valence-corrected chi connectivity index (χ2v) is 31.3. The van der Waals surface area contributed by atoms with E-state index in [1.165, 1.54) is 238 Å². The highest BCUT2D eigenvalue weighted by Gasteiger charge is 2.30. The van der Waals surface area contributed by atoms with Crippen molar-refractivity contribution in [1.29, 1.82) is 0 Å². The highest BCUT2D eigenvalue weighted by Crippen LogP contribution is 2.45. The lowest BCUT2D eigenvalue weighted by molar-refractivity contribution is -0.161. The van der Waals surface area contributed by atoms with E-state index in [4.69, 9.17) is 37.0 Å². The van der Waals surface area contributed by atoms with E-state index in [9.17, 15) is 43.2 Å². The first-order valence-electron chi connectivity index (χ1n) is 40.7. The van der Waals surface area contributed by atoms with Crippen molar-refractivity contribution in [3.63, 3.8) is 0 Å². The molecule has 19 heteroatoms. The van der Waals surface area contributed by atoms with E-state index in [1.54, 1.807) is 0 Å². The number of unbranched alkanes of at least 4 members (excludes halogenated alkanes) is 49. The van der Waals surface area contributed by atoms with Crippen LogP contribution < -0.4 is 0 Å². The van der Waals surface area contributed by atoms with Gasteiger partial charge in [-0.2, -0.15) is 0 Å². The number of hydrogen-bond donors (Lipinski definition) is 3. The maximum absolute atomic E-state index is 13.1. The maximum atomic E-state index is 13.1. The molecule has 0 saturated heterocycles. The van der Waals surface area contributed by atoms with E-state index in [0.717, 1.165) is 95.8 Å². The number of rotatable bonds is 78. The van der Waals surface area contributed by atoms with Gasteiger partial charge in [-0.25, -0.2) is 9.13 Å². The summed E-state index contributed by atoms with van der Waals surface area (Å²) in [6.07, 6.45) is 60.9. The smallest absolute Gasteiger partial charge is 0.462 e. The van der Waals surface area contributed by atoms with Crippen LogP contribution in [-0.2, 0) is 65.4 Å². The van der Waals surface area contributed by atoms with Crippen LogP contribution in [0.5, 0.6) is 0 Å². The second-order valence-electron chi connectivity index (χ2n) is 28.3. The van der Waals surface area contributed by atoms with Crippen molar-refractivity contribution >= 4 is 39.5 Å². The largest absolute Gasteiger partial charge is 0.472 e. The number of aliphatic hydroxyl groups is 1. The lowest BCUT2D eigenvalue weighted by Gasteiger charge is -2.21. The molecule has 0 aromatic rings. The number of esters is 4. The molecule has 0 rings (SSSR count). The number of hydrogen-bond acceptors (Lipinski definition) is 15. The molecule has 0 aliphatic rings. The van der Waals surface area contributed by atoms with E-state index < -0.39 is 97.5 Å². The van der Waals surface area contributed by atoms with Crippen molar-refractivity contribution in [3.05, 3.63) is 0 Å². The van der Waals surface area contributed by atoms with Gasteiger partial charge in [-0.1, -0.05) is 362 Å². The van der Waals surface area contributed by atoms with Gasteiger partial charge in [0, 0.05) is 25.7 Å². The third kappa shape index (κ3) is 70.9. The lowest BCUT2D eigenvalue weighted by atomic mass is 9.99. The van der Waals surface area contributed by atoms with E-state index in [0.29, 0.717) is 25.7 Å². The molecule has 3 unspecified atom stereocenters. The summed E-state index contributed by atoms with van der Waals surface area (Å²) < 4.78 is 68.6. The fourth-order valence-corrected chi connectivity index (χ4v) is 13.6. The topological polar surface area (TPSA) is 237 Å². The van der Waals surface area contributed by atoms with Crippen LogP contribution in [0, 0.1) is 5.92 Å². The first-order valence-corrected chi connectivity index (χ1v) is 43.7. The molecule has 0 heterocycles. The Hall–Kier alpha value is -1.94. The minimum absolute atomic E-state index is 0.108. The molecule has 0 fully saturated rings. The van der Waals surface area contributed by atoms with Gasteiger partial charge in [0.25, 0.3) is 0 Å². The van der Waals surface area contributed by atoms with Crippen molar-refractivity contribution < 1.29 is 80.2 Å². The fraction of sp³-hybridized carbons (Fsp3) is 0.949. The van der Waals surface area contributed by atoms with Gasteiger partial charge in [0.15, 0.2) is 12.2 Å². The molecular formula is C78H152O17P2. The highest BCUT2D eigenvalue weighted by atomic mass is 31.2. The van der Waals surface area contributed by atoms with Gasteiger partial charge in [-0.15, -0.1) is 0 Å². The predicted molar refractivity (Wildman–Crippen MR) is 395 cm³/mol. The number of aliphatic hydroxyl groups excluding tert-OH is 1. The Balaban J connectivity index is 5.23. The van der Waals surface area contributed by atoms with Crippen LogP contribution in [0.1, 0.15) is 413 Å². The molecule has 97 heavy (non-hydrogen) atoms. The van der Waals surface area contributed by atoms with Gasteiger partial charge < -0.3 is 33.8 Å². The van der Waals surface area contributed by atoms with Crippen LogP contribution in [0.25, 0.3) is 0 Å². The zero-order valence-corrected chi connectivity index (χ0v) is 65.0. The SMILES string of the molecule is CCCCCCCCCCCCCCCCCCCC(=O)OC[C@H](COP(=O)(O)OC[C@@H](O)COP(=O)(O)OC[C@@H](COC(=O)CCCCCCCCCCC)OC(=O)CCCCCCCCCCCCCCC)OC(=O)CCCCCCCCCCCCCCCCC(C)CC. The van der Waals surface area contributed by atoms with Gasteiger partial charge in [0.1, 0.15) is 19.3 Å². The second kappa shape index (κ2) is 71.1. The normalized spacial score (nSPS) is 14.2. The molecule has 0 radical (unpaired) electrons. The lowest BCUT2D eigenvalue weighted by Crippen LogP contribution is -2.30. The monoisotopic (exact) mass is 1420 g/mol. The Labute approximate surface area is 594 Å². The van der Waals surface area contributed by atoms with E-state index in [1.807, 2.05) is 0 Å². The van der Waals surface area contributed by atoms with E-state index in [-0.39, 0.29) is 25.7 Å². The summed E-state index contributed by atoms with van der Waals surface area (Å²) in [7, 11) is -9.91. The zero-order chi connectivity index (χ0) is 71.2. The molecule has 0 spiro atoms. The van der Waals surface area contributed by atoms with E-state index >= 15 is 0 Å². The Bertz CT molecular complexity index is 1860. The molecule has 0 amide bonds. The van der Waals surface area contributed by atoms with Crippen LogP contribution in [-0.4, -0.2) is 96.7 Å². The molecular weight excluding hydrogens is 1270 g/mol. The number of carbonyl (C=O) groups is 4. The molecule has 6 atom stereocenters. The summed E-state index contributed by atoms with van der Waals surface area (Å²) >= 11 is 0. The summed E-state index contributed by atoms with van der Waals surface area (Å²) in [5.74, 6) is -1.26. The van der Waals surface area contributed by atoms with Crippen LogP contribution in [0.15, 0.2) is 0 Å². The van der Waals surface area contributed by atoms with Crippen molar-refractivity contribution in [1.82, 2.24) is 0 Å². The average molecular weight is 1420 g/mol. The summed E-state index contributed by atoms with van der Waals surface area (Å²) in [6.45, 7) is 7.35. The zero-order valence-electron chi connectivity index (χ0n) is 63.2. The summed E-state index contributed by atoms with van der Waals surface area (Å²) in [6, 6.07) is 0. The van der Waals surface area contributed by atoms with Crippen LogP contribution in [0.3, 0.4) is 0 Å². The Morgan fingerprint density at radius 1 is 0.289 bits per heavy atom. The molecule has 0 saturated carbocycles. The molecule has 576 valence electrons. The average Bonchev–Trinajstić information content (AvgIpc) is 1.46. The number of phosphoric ester groups is 2. The molecule has 0 aromatic heterocycles. The van der Waals surface area contributed by atoms with Gasteiger partial charge in [-0.05, 0) is 31.6 Å². The van der Waals surface area contributed by atoms with Gasteiger partial charge in [-0.3, -0.25) is 37.3 Å². The predicted octanol–water partition coefficient (Wildman–Crippen LogP) is 23.3. The Morgan fingerprint density at radius 3 is 0.732 bits per heavy atom. The minimum atomic E-state index is -4.96. The summed E-state index contributed by atoms with van der Waals surface area (Å²) in [5.41, 5.74) is 0. The fourth-order valence-electron chi connectivity index (χ4n) is 12.0. The highest BCUT2D eigenvalue weighted by molar-refractivity contribution is 7.47. The minimum Gasteiger partial charge on any atom is -0.462 e. The third-order valence-electron chi connectivity index (χ3n) is 18.6. The quantitative estimate of drug-likeness (QED) is 0.0222. The number of phosphoric acid groups is 2. The van der Waals surface area contributed by atoms with Gasteiger partial charge in [0.05, 0.1) is 26.4 Å². The van der Waals surface area contributed by atoms with Crippen LogP contribution >= 0.6 is 15.6 Å².